The number of rotatable bonds is 6. The molecule has 0 saturated carbocycles. The molecule has 1 heterocycles. The van der Waals surface area contributed by atoms with Crippen LogP contribution in [0.15, 0.2) is 83.8 Å². The van der Waals surface area contributed by atoms with Gasteiger partial charge in [0.25, 0.3) is 11.1 Å². The van der Waals surface area contributed by atoms with E-state index in [0.29, 0.717) is 17.3 Å². The van der Waals surface area contributed by atoms with E-state index in [1.54, 1.807) is 6.08 Å². The quantitative estimate of drug-likeness (QED) is 0.477. The fourth-order valence-corrected chi connectivity index (χ4v) is 4.02. The molecule has 1 fully saturated rings. The summed E-state index contributed by atoms with van der Waals surface area (Å²) in [5.74, 6) is 0.454. The zero-order chi connectivity index (χ0) is 20.9. The van der Waals surface area contributed by atoms with Gasteiger partial charge in [-0.1, -0.05) is 66.7 Å². The molecule has 0 aromatic heterocycles. The van der Waals surface area contributed by atoms with Crippen molar-refractivity contribution in [2.24, 2.45) is 0 Å². The van der Waals surface area contributed by atoms with Gasteiger partial charge in [-0.25, -0.2) is 0 Å². The van der Waals surface area contributed by atoms with E-state index in [2.05, 4.69) is 0 Å². The molecule has 2 amide bonds. The van der Waals surface area contributed by atoms with Crippen molar-refractivity contribution >= 4 is 29.0 Å². The van der Waals surface area contributed by atoms with E-state index in [9.17, 15) is 9.59 Å². The summed E-state index contributed by atoms with van der Waals surface area (Å²) in [6.45, 7) is 2.73. The summed E-state index contributed by atoms with van der Waals surface area (Å²) in [6.07, 6.45) is 1.75. The molecule has 0 aliphatic carbocycles. The topological polar surface area (TPSA) is 46.6 Å². The van der Waals surface area contributed by atoms with E-state index in [-0.39, 0.29) is 17.7 Å². The maximum atomic E-state index is 12.8. The second-order valence-electron chi connectivity index (χ2n) is 7.04. The van der Waals surface area contributed by atoms with E-state index >= 15 is 0 Å². The summed E-state index contributed by atoms with van der Waals surface area (Å²) >= 11 is 0.976. The van der Waals surface area contributed by atoms with Gasteiger partial charge in [0.1, 0.15) is 12.4 Å². The lowest BCUT2D eigenvalue weighted by Crippen LogP contribution is -2.27. The van der Waals surface area contributed by atoms with Crippen LogP contribution in [0.3, 0.4) is 0 Å². The first-order chi connectivity index (χ1) is 14.6. The summed E-state index contributed by atoms with van der Waals surface area (Å²) in [5.41, 5.74) is 3.93. The fraction of sp³-hybridized carbons (Fsp3) is 0.120. The zero-order valence-electron chi connectivity index (χ0n) is 16.6. The Bertz CT molecular complexity index is 1110. The number of carbonyl (C=O) groups excluding carboxylic acids is 2. The predicted molar refractivity (Wildman–Crippen MR) is 120 cm³/mol. The van der Waals surface area contributed by atoms with E-state index < -0.39 is 0 Å². The highest BCUT2D eigenvalue weighted by Gasteiger charge is 2.35. The van der Waals surface area contributed by atoms with Gasteiger partial charge in [-0.3, -0.25) is 14.5 Å². The summed E-state index contributed by atoms with van der Waals surface area (Å²) < 4.78 is 5.86. The van der Waals surface area contributed by atoms with Gasteiger partial charge in [-0.05, 0) is 59.1 Å². The Hall–Kier alpha value is -3.31. The molecule has 1 saturated heterocycles. The lowest BCUT2D eigenvalue weighted by Gasteiger charge is -2.14. The Labute approximate surface area is 180 Å². The third kappa shape index (κ3) is 4.63. The van der Waals surface area contributed by atoms with Crippen molar-refractivity contribution in [2.45, 2.75) is 20.1 Å². The number of nitrogens with zero attached hydrogens (tertiary/aromatic N) is 1. The molecule has 0 radical (unpaired) electrons. The molecule has 0 bridgehead atoms. The van der Waals surface area contributed by atoms with Crippen molar-refractivity contribution < 1.29 is 14.3 Å². The molecular formula is C25H21NO3S. The minimum Gasteiger partial charge on any atom is -0.489 e. The summed E-state index contributed by atoms with van der Waals surface area (Å²) in [5, 5.41) is -0.244. The number of carbonyl (C=O) groups is 2. The van der Waals surface area contributed by atoms with Crippen LogP contribution in [-0.2, 0) is 17.9 Å². The Kier molecular flexibility index (Phi) is 6.00. The van der Waals surface area contributed by atoms with Crippen molar-refractivity contribution in [3.05, 3.63) is 106 Å². The number of imide groups is 1. The first-order valence-corrected chi connectivity index (χ1v) is 10.5. The van der Waals surface area contributed by atoms with Crippen LogP contribution in [0.2, 0.25) is 0 Å². The third-order valence-electron chi connectivity index (χ3n) is 4.87. The van der Waals surface area contributed by atoms with Crippen LogP contribution in [0.25, 0.3) is 6.08 Å². The number of hydrogen-bond acceptors (Lipinski definition) is 4. The maximum absolute atomic E-state index is 12.8. The van der Waals surface area contributed by atoms with Gasteiger partial charge in [0.2, 0.25) is 0 Å². The number of thioether (sulfide) groups is 1. The van der Waals surface area contributed by atoms with Crippen LogP contribution in [0.1, 0.15) is 22.3 Å². The second kappa shape index (κ2) is 9.01. The lowest BCUT2D eigenvalue weighted by atomic mass is 10.1. The molecule has 0 N–H and O–H groups in total. The van der Waals surface area contributed by atoms with E-state index in [1.165, 1.54) is 4.90 Å². The van der Waals surface area contributed by atoms with Crippen molar-refractivity contribution in [1.82, 2.24) is 4.90 Å². The molecule has 1 aliphatic heterocycles. The molecule has 0 unspecified atom stereocenters. The fourth-order valence-electron chi connectivity index (χ4n) is 3.18. The maximum Gasteiger partial charge on any atom is 0.293 e. The standard InChI is InChI=1S/C25H21NO3S/c1-18-8-5-6-12-21(18)16-26-24(27)23(30-25(26)28)15-20-11-7-13-22(14-20)29-17-19-9-3-2-4-10-19/h2-15H,16-17H2,1H3/b23-15-. The number of hydrogen-bond donors (Lipinski definition) is 0. The van der Waals surface area contributed by atoms with Gasteiger partial charge in [0.15, 0.2) is 0 Å². The van der Waals surface area contributed by atoms with E-state index in [4.69, 9.17) is 4.74 Å². The first-order valence-electron chi connectivity index (χ1n) is 9.67. The van der Waals surface area contributed by atoms with Gasteiger partial charge in [0, 0.05) is 0 Å². The van der Waals surface area contributed by atoms with Crippen molar-refractivity contribution in [2.75, 3.05) is 0 Å². The number of benzene rings is 3. The molecule has 4 rings (SSSR count). The highest BCUT2D eigenvalue weighted by Crippen LogP contribution is 2.34. The Morgan fingerprint density at radius 1 is 0.933 bits per heavy atom. The van der Waals surface area contributed by atoms with Crippen LogP contribution in [0.4, 0.5) is 4.79 Å². The highest BCUT2D eigenvalue weighted by molar-refractivity contribution is 8.18. The molecule has 30 heavy (non-hydrogen) atoms. The van der Waals surface area contributed by atoms with E-state index in [1.807, 2.05) is 85.8 Å². The van der Waals surface area contributed by atoms with Crippen LogP contribution in [0, 0.1) is 6.92 Å². The molecule has 4 nitrogen and oxygen atoms in total. The summed E-state index contributed by atoms with van der Waals surface area (Å²) in [7, 11) is 0. The van der Waals surface area contributed by atoms with Gasteiger partial charge in [-0.2, -0.15) is 0 Å². The highest BCUT2D eigenvalue weighted by atomic mass is 32.2. The number of ether oxygens (including phenoxy) is 1. The first kappa shape index (κ1) is 20.0. The van der Waals surface area contributed by atoms with Gasteiger partial charge >= 0.3 is 0 Å². The Morgan fingerprint density at radius 2 is 1.70 bits per heavy atom. The van der Waals surface area contributed by atoms with Crippen LogP contribution in [-0.4, -0.2) is 16.0 Å². The smallest absolute Gasteiger partial charge is 0.293 e. The lowest BCUT2D eigenvalue weighted by molar-refractivity contribution is -0.123. The molecule has 3 aromatic rings. The molecule has 3 aromatic carbocycles. The normalized spacial score (nSPS) is 15.1. The number of aryl methyl sites for hydroxylation is 1. The minimum absolute atomic E-state index is 0.244. The van der Waals surface area contributed by atoms with Crippen molar-refractivity contribution in [1.29, 1.82) is 0 Å². The largest absolute Gasteiger partial charge is 0.489 e. The Balaban J connectivity index is 1.47. The molecule has 0 spiro atoms. The zero-order valence-corrected chi connectivity index (χ0v) is 17.4. The average Bonchev–Trinajstić information content (AvgIpc) is 3.02. The molecule has 1 aliphatic rings. The second-order valence-corrected chi connectivity index (χ2v) is 8.03. The molecule has 5 heteroatoms. The van der Waals surface area contributed by atoms with Crippen molar-refractivity contribution in [3.8, 4) is 5.75 Å². The van der Waals surface area contributed by atoms with Crippen LogP contribution < -0.4 is 4.74 Å². The molecule has 0 atom stereocenters. The third-order valence-corrected chi connectivity index (χ3v) is 5.77. The SMILES string of the molecule is Cc1ccccc1CN1C(=O)S/C(=C\c2cccc(OCc3ccccc3)c2)C1=O. The van der Waals surface area contributed by atoms with Gasteiger partial charge < -0.3 is 4.74 Å². The Morgan fingerprint density at radius 3 is 2.50 bits per heavy atom. The van der Waals surface area contributed by atoms with Crippen LogP contribution >= 0.6 is 11.8 Å². The van der Waals surface area contributed by atoms with Gasteiger partial charge in [-0.15, -0.1) is 0 Å². The molecular weight excluding hydrogens is 394 g/mol. The molecule has 150 valence electrons. The summed E-state index contributed by atoms with van der Waals surface area (Å²) in [6, 6.07) is 25.2. The minimum atomic E-state index is -0.260. The van der Waals surface area contributed by atoms with Crippen LogP contribution in [0.5, 0.6) is 5.75 Å². The monoisotopic (exact) mass is 415 g/mol. The summed E-state index contributed by atoms with van der Waals surface area (Å²) in [4.78, 5) is 27.0. The van der Waals surface area contributed by atoms with Gasteiger partial charge in [0.05, 0.1) is 11.4 Å². The van der Waals surface area contributed by atoms with E-state index in [0.717, 1.165) is 34.0 Å². The average molecular weight is 416 g/mol. The predicted octanol–water partition coefficient (Wildman–Crippen LogP) is 5.81. The number of amides is 2. The van der Waals surface area contributed by atoms with Crippen molar-refractivity contribution in [3.63, 3.8) is 0 Å².